The van der Waals surface area contributed by atoms with Crippen molar-refractivity contribution in [2.24, 2.45) is 0 Å². The smallest absolute Gasteiger partial charge is 0.278 e. The highest BCUT2D eigenvalue weighted by molar-refractivity contribution is 5.70. The first-order valence-electron chi connectivity index (χ1n) is 9.53. The molecule has 1 aliphatic carbocycles. The van der Waals surface area contributed by atoms with Gasteiger partial charge in [-0.25, -0.2) is 4.98 Å². The van der Waals surface area contributed by atoms with E-state index < -0.39 is 0 Å². The Morgan fingerprint density at radius 3 is 3.04 bits per heavy atom. The molecule has 2 heterocycles. The van der Waals surface area contributed by atoms with E-state index in [4.69, 9.17) is 4.74 Å². The van der Waals surface area contributed by atoms with E-state index in [2.05, 4.69) is 38.5 Å². The summed E-state index contributed by atoms with van der Waals surface area (Å²) in [4.78, 5) is 24.1. The molecule has 0 atom stereocenters. The normalized spacial score (nSPS) is 13.2. The Morgan fingerprint density at radius 2 is 2.15 bits per heavy atom. The van der Waals surface area contributed by atoms with Gasteiger partial charge < -0.3 is 14.6 Å². The number of H-pyrrole nitrogens is 1. The molecule has 4 rings (SSSR count). The van der Waals surface area contributed by atoms with Crippen LogP contribution < -0.4 is 10.9 Å². The monoisotopic (exact) mass is 367 g/mol. The highest BCUT2D eigenvalue weighted by Crippen LogP contribution is 2.23. The van der Waals surface area contributed by atoms with Crippen LogP contribution >= 0.6 is 0 Å². The number of hydrogen-bond acceptors (Lipinski definition) is 5. The number of aryl methyl sites for hydroxylation is 3. The second kappa shape index (κ2) is 7.92. The zero-order valence-corrected chi connectivity index (χ0v) is 15.6. The zero-order chi connectivity index (χ0) is 18.6. The summed E-state index contributed by atoms with van der Waals surface area (Å²) < 4.78 is 6.92. The van der Waals surface area contributed by atoms with Crippen LogP contribution in [0.1, 0.15) is 36.0 Å². The lowest BCUT2D eigenvalue weighted by Crippen LogP contribution is -2.16. The number of benzene rings is 1. The molecular formula is C20H25N5O2. The average molecular weight is 367 g/mol. The summed E-state index contributed by atoms with van der Waals surface area (Å²) >= 11 is 0. The van der Waals surface area contributed by atoms with Gasteiger partial charge in [0.1, 0.15) is 0 Å². The van der Waals surface area contributed by atoms with Gasteiger partial charge in [0.2, 0.25) is 5.95 Å². The minimum absolute atomic E-state index is 0.166. The maximum atomic E-state index is 12.5. The molecule has 2 aromatic heterocycles. The summed E-state index contributed by atoms with van der Waals surface area (Å²) in [5.74, 6) is 0.456. The molecule has 0 fully saturated rings. The van der Waals surface area contributed by atoms with Gasteiger partial charge in [-0.1, -0.05) is 18.2 Å². The van der Waals surface area contributed by atoms with E-state index in [1.165, 1.54) is 29.5 Å². The van der Waals surface area contributed by atoms with Crippen LogP contribution in [0.4, 0.5) is 5.95 Å². The predicted molar refractivity (Wildman–Crippen MR) is 105 cm³/mol. The number of unbranched alkanes of at least 4 members (excludes halogenated alkanes) is 1. The average Bonchev–Trinajstić information content (AvgIpc) is 3.30. The lowest BCUT2D eigenvalue weighted by Gasteiger charge is -2.08. The van der Waals surface area contributed by atoms with Gasteiger partial charge in [-0.05, 0) is 48.8 Å². The van der Waals surface area contributed by atoms with E-state index in [-0.39, 0.29) is 5.56 Å². The molecular weight excluding hydrogens is 342 g/mol. The molecule has 0 radical (unpaired) electrons. The van der Waals surface area contributed by atoms with E-state index in [1.54, 1.807) is 13.4 Å². The number of anilines is 1. The molecule has 0 saturated carbocycles. The van der Waals surface area contributed by atoms with Crippen molar-refractivity contribution < 1.29 is 4.74 Å². The Morgan fingerprint density at radius 1 is 1.26 bits per heavy atom. The maximum absolute atomic E-state index is 12.5. The van der Waals surface area contributed by atoms with Crippen molar-refractivity contribution in [2.45, 2.75) is 45.2 Å². The molecule has 7 nitrogen and oxygen atoms in total. The number of aromatic nitrogens is 4. The Balaban J connectivity index is 1.46. The molecule has 2 N–H and O–H groups in total. The van der Waals surface area contributed by atoms with Crippen LogP contribution in [0.25, 0.3) is 11.2 Å². The van der Waals surface area contributed by atoms with Crippen LogP contribution in [0.15, 0.2) is 29.3 Å². The standard InChI is InChI=1S/C20H25N5O2/c1-27-10-3-2-9-25-13-22-18-17(25)19(26)24-20(23-18)21-12-14-7-8-15-5-4-6-16(15)11-14/h7-8,11,13H,2-6,9-10,12H2,1H3,(H2,21,23,24,26). The van der Waals surface area contributed by atoms with E-state index in [0.29, 0.717) is 23.7 Å². The number of ether oxygens (including phenoxy) is 1. The van der Waals surface area contributed by atoms with E-state index in [1.807, 2.05) is 4.57 Å². The number of fused-ring (bicyclic) bond motifs is 2. The molecule has 0 spiro atoms. The van der Waals surface area contributed by atoms with Gasteiger partial charge in [-0.15, -0.1) is 0 Å². The fourth-order valence-corrected chi connectivity index (χ4v) is 3.69. The summed E-state index contributed by atoms with van der Waals surface area (Å²) in [6, 6.07) is 6.60. The molecule has 0 unspecified atom stereocenters. The third-order valence-corrected chi connectivity index (χ3v) is 5.10. The first-order chi connectivity index (χ1) is 13.2. The maximum Gasteiger partial charge on any atom is 0.278 e. The number of nitrogens with zero attached hydrogens (tertiary/aromatic N) is 3. The van der Waals surface area contributed by atoms with Gasteiger partial charge >= 0.3 is 0 Å². The van der Waals surface area contributed by atoms with Crippen LogP contribution in [-0.2, 0) is 30.7 Å². The quantitative estimate of drug-likeness (QED) is 0.598. The largest absolute Gasteiger partial charge is 0.385 e. The van der Waals surface area contributed by atoms with Crippen molar-refractivity contribution in [1.29, 1.82) is 0 Å². The first kappa shape index (κ1) is 17.7. The third kappa shape index (κ3) is 3.88. The first-order valence-corrected chi connectivity index (χ1v) is 9.53. The molecule has 0 saturated heterocycles. The molecule has 1 aromatic carbocycles. The molecule has 3 aromatic rings. The SMILES string of the molecule is COCCCCn1cnc2nc(NCc3ccc4c(c3)CCC4)[nH]c(=O)c21. The molecule has 27 heavy (non-hydrogen) atoms. The van der Waals surface area contributed by atoms with Crippen LogP contribution in [0.3, 0.4) is 0 Å². The minimum Gasteiger partial charge on any atom is -0.385 e. The van der Waals surface area contributed by atoms with Gasteiger partial charge in [0.25, 0.3) is 5.56 Å². The van der Waals surface area contributed by atoms with Crippen molar-refractivity contribution in [2.75, 3.05) is 19.0 Å². The topological polar surface area (TPSA) is 84.8 Å². The van der Waals surface area contributed by atoms with Crippen LogP contribution in [0.5, 0.6) is 0 Å². The van der Waals surface area contributed by atoms with Gasteiger partial charge in [0.05, 0.1) is 6.33 Å². The molecule has 0 amide bonds. The molecule has 7 heteroatoms. The lowest BCUT2D eigenvalue weighted by atomic mass is 10.1. The van der Waals surface area contributed by atoms with Crippen molar-refractivity contribution >= 4 is 17.1 Å². The summed E-state index contributed by atoms with van der Waals surface area (Å²) in [6.07, 6.45) is 7.14. The second-order valence-corrected chi connectivity index (χ2v) is 7.03. The second-order valence-electron chi connectivity index (χ2n) is 7.03. The summed E-state index contributed by atoms with van der Waals surface area (Å²) in [7, 11) is 1.69. The van der Waals surface area contributed by atoms with Crippen molar-refractivity contribution in [3.63, 3.8) is 0 Å². The summed E-state index contributed by atoms with van der Waals surface area (Å²) in [6.45, 7) is 2.07. The highest BCUT2D eigenvalue weighted by Gasteiger charge is 2.12. The van der Waals surface area contributed by atoms with Gasteiger partial charge in [-0.3, -0.25) is 9.78 Å². The lowest BCUT2D eigenvalue weighted by molar-refractivity contribution is 0.191. The molecule has 0 bridgehead atoms. The van der Waals surface area contributed by atoms with Gasteiger partial charge in [0, 0.05) is 26.8 Å². The zero-order valence-electron chi connectivity index (χ0n) is 15.6. The Hall–Kier alpha value is -2.67. The number of nitrogens with one attached hydrogen (secondary N) is 2. The highest BCUT2D eigenvalue weighted by atomic mass is 16.5. The Labute approximate surface area is 157 Å². The van der Waals surface area contributed by atoms with Crippen LogP contribution in [-0.4, -0.2) is 33.2 Å². The van der Waals surface area contributed by atoms with Crippen molar-refractivity contribution in [1.82, 2.24) is 19.5 Å². The Bertz CT molecular complexity index is 992. The molecule has 1 aliphatic rings. The predicted octanol–water partition coefficient (Wildman–Crippen LogP) is 2.65. The van der Waals surface area contributed by atoms with E-state index >= 15 is 0 Å². The van der Waals surface area contributed by atoms with E-state index in [0.717, 1.165) is 32.4 Å². The van der Waals surface area contributed by atoms with Crippen molar-refractivity contribution in [3.05, 3.63) is 51.6 Å². The van der Waals surface area contributed by atoms with Crippen LogP contribution in [0, 0.1) is 0 Å². The number of aromatic amines is 1. The number of rotatable bonds is 8. The fraction of sp³-hybridized carbons (Fsp3) is 0.450. The van der Waals surface area contributed by atoms with Crippen LogP contribution in [0.2, 0.25) is 0 Å². The number of imidazole rings is 1. The summed E-state index contributed by atoms with van der Waals surface area (Å²) in [5, 5.41) is 3.22. The Kier molecular flexibility index (Phi) is 5.20. The van der Waals surface area contributed by atoms with E-state index in [9.17, 15) is 4.79 Å². The van der Waals surface area contributed by atoms with Gasteiger partial charge in [-0.2, -0.15) is 4.98 Å². The third-order valence-electron chi connectivity index (χ3n) is 5.10. The minimum atomic E-state index is -0.166. The van der Waals surface area contributed by atoms with Crippen molar-refractivity contribution in [3.8, 4) is 0 Å². The molecule has 0 aliphatic heterocycles. The number of methoxy groups -OCH3 is 1. The van der Waals surface area contributed by atoms with Gasteiger partial charge in [0.15, 0.2) is 11.2 Å². The summed E-state index contributed by atoms with van der Waals surface area (Å²) in [5.41, 5.74) is 4.93. The fourth-order valence-electron chi connectivity index (χ4n) is 3.69. The molecule has 142 valence electrons. The number of hydrogen-bond donors (Lipinski definition) is 2.